The number of halogens is 1. The van der Waals surface area contributed by atoms with E-state index in [0.29, 0.717) is 5.78 Å². The van der Waals surface area contributed by atoms with Gasteiger partial charge in [0.25, 0.3) is 0 Å². The molecule has 0 spiro atoms. The Bertz CT molecular complexity index is 1100. The van der Waals surface area contributed by atoms with Crippen LogP contribution in [0.2, 0.25) is 5.02 Å². The Balaban J connectivity index is 1.60. The van der Waals surface area contributed by atoms with Crippen LogP contribution < -0.4 is 0 Å². The molecule has 2 heteroatoms. The second-order valence-corrected chi connectivity index (χ2v) is 8.76. The summed E-state index contributed by atoms with van der Waals surface area (Å²) in [5, 5.41) is 3.18. The van der Waals surface area contributed by atoms with Gasteiger partial charge in [0.05, 0.1) is 5.41 Å². The van der Waals surface area contributed by atoms with E-state index in [4.69, 9.17) is 11.6 Å². The molecule has 28 heavy (non-hydrogen) atoms. The molecular formula is C26H23ClO. The van der Waals surface area contributed by atoms with Crippen molar-refractivity contribution in [3.8, 4) is 0 Å². The lowest BCUT2D eigenvalue weighted by Gasteiger charge is -2.40. The first kappa shape index (κ1) is 17.7. The van der Waals surface area contributed by atoms with Gasteiger partial charge < -0.3 is 0 Å². The number of Topliss-reactive ketones (excluding diaryl/α,β-unsaturated/α-hetero) is 1. The predicted molar refractivity (Wildman–Crippen MR) is 117 cm³/mol. The Morgan fingerprint density at radius 2 is 1.82 bits per heavy atom. The van der Waals surface area contributed by atoms with Gasteiger partial charge in [0.15, 0.2) is 0 Å². The second-order valence-electron chi connectivity index (χ2n) is 8.35. The lowest BCUT2D eigenvalue weighted by Crippen LogP contribution is -2.43. The zero-order valence-electron chi connectivity index (χ0n) is 16.0. The fourth-order valence-electron chi connectivity index (χ4n) is 5.28. The Labute approximate surface area is 171 Å². The molecular weight excluding hydrogens is 364 g/mol. The molecule has 140 valence electrons. The number of ketones is 1. The molecule has 5 rings (SSSR count). The van der Waals surface area contributed by atoms with Crippen molar-refractivity contribution in [1.82, 2.24) is 0 Å². The molecule has 3 unspecified atom stereocenters. The number of carbonyl (C=O) groups excluding carboxylic acids is 1. The molecule has 0 aliphatic heterocycles. The molecule has 3 atom stereocenters. The van der Waals surface area contributed by atoms with Crippen LogP contribution in [0.25, 0.3) is 16.8 Å². The average molecular weight is 387 g/mol. The molecule has 2 aliphatic rings. The van der Waals surface area contributed by atoms with Crippen LogP contribution >= 0.6 is 11.6 Å². The molecule has 0 bridgehead atoms. The molecule has 0 amide bonds. The number of hydrogen-bond acceptors (Lipinski definition) is 1. The van der Waals surface area contributed by atoms with Gasteiger partial charge in [-0.25, -0.2) is 0 Å². The first-order valence-corrected chi connectivity index (χ1v) is 10.5. The topological polar surface area (TPSA) is 17.1 Å². The summed E-state index contributed by atoms with van der Waals surface area (Å²) in [6.45, 7) is 2.13. The quantitative estimate of drug-likeness (QED) is 0.466. The lowest BCUT2D eigenvalue weighted by molar-refractivity contribution is -0.131. The second kappa shape index (κ2) is 6.60. The highest BCUT2D eigenvalue weighted by atomic mass is 35.5. The van der Waals surface area contributed by atoms with Crippen LogP contribution in [0.3, 0.4) is 0 Å². The van der Waals surface area contributed by atoms with Crippen molar-refractivity contribution in [2.75, 3.05) is 0 Å². The van der Waals surface area contributed by atoms with Gasteiger partial charge in [-0.1, -0.05) is 84.8 Å². The van der Waals surface area contributed by atoms with Gasteiger partial charge >= 0.3 is 0 Å². The van der Waals surface area contributed by atoms with E-state index in [-0.39, 0.29) is 11.8 Å². The van der Waals surface area contributed by atoms with Gasteiger partial charge in [-0.05, 0) is 47.7 Å². The maximum absolute atomic E-state index is 13.8. The minimum atomic E-state index is -0.402. The number of allylic oxidation sites excluding steroid dienone is 1. The monoisotopic (exact) mass is 386 g/mol. The van der Waals surface area contributed by atoms with Gasteiger partial charge in [-0.2, -0.15) is 0 Å². The summed E-state index contributed by atoms with van der Waals surface area (Å²) in [6.07, 6.45) is 7.29. The van der Waals surface area contributed by atoms with Crippen LogP contribution in [0, 0.1) is 5.92 Å². The molecule has 1 saturated carbocycles. The Kier molecular flexibility index (Phi) is 4.17. The summed E-state index contributed by atoms with van der Waals surface area (Å²) < 4.78 is 0. The normalized spacial score (nSPS) is 26.6. The van der Waals surface area contributed by atoms with Crippen molar-refractivity contribution < 1.29 is 4.79 Å². The third-order valence-corrected chi connectivity index (χ3v) is 7.14. The minimum absolute atomic E-state index is 0.00735. The molecule has 0 heterocycles. The molecule has 0 N–H and O–H groups in total. The number of hydrogen-bond donors (Lipinski definition) is 0. The molecule has 0 saturated heterocycles. The van der Waals surface area contributed by atoms with Gasteiger partial charge in [-0.3, -0.25) is 4.79 Å². The number of benzene rings is 3. The van der Waals surface area contributed by atoms with Gasteiger partial charge in [0, 0.05) is 22.4 Å². The van der Waals surface area contributed by atoms with Crippen molar-refractivity contribution in [3.05, 3.63) is 88.5 Å². The van der Waals surface area contributed by atoms with Crippen LogP contribution in [-0.4, -0.2) is 5.78 Å². The SMILES string of the molecule is CC1(c2ccccc2)CCCC(C2C=Cc3c(Cl)ccc4cccc2c34)C1=O. The fourth-order valence-corrected chi connectivity index (χ4v) is 5.50. The van der Waals surface area contributed by atoms with Crippen molar-refractivity contribution in [2.24, 2.45) is 5.92 Å². The van der Waals surface area contributed by atoms with E-state index in [1.807, 2.05) is 24.3 Å². The zero-order chi connectivity index (χ0) is 19.3. The highest BCUT2D eigenvalue weighted by molar-refractivity contribution is 6.33. The smallest absolute Gasteiger partial charge is 0.147 e. The highest BCUT2D eigenvalue weighted by Crippen LogP contribution is 2.48. The minimum Gasteiger partial charge on any atom is -0.298 e. The first-order chi connectivity index (χ1) is 13.6. The summed E-state index contributed by atoms with van der Waals surface area (Å²) in [7, 11) is 0. The Morgan fingerprint density at radius 3 is 2.64 bits per heavy atom. The maximum atomic E-state index is 13.8. The van der Waals surface area contributed by atoms with E-state index in [1.54, 1.807) is 0 Å². The lowest BCUT2D eigenvalue weighted by atomic mass is 9.61. The fraction of sp³-hybridized carbons (Fsp3) is 0.269. The van der Waals surface area contributed by atoms with Gasteiger partial charge in [0.2, 0.25) is 0 Å². The molecule has 3 aromatic carbocycles. The number of rotatable bonds is 2. The zero-order valence-corrected chi connectivity index (χ0v) is 16.7. The van der Waals surface area contributed by atoms with Crippen molar-refractivity contribution in [3.63, 3.8) is 0 Å². The van der Waals surface area contributed by atoms with E-state index < -0.39 is 5.41 Å². The summed E-state index contributed by atoms with van der Waals surface area (Å²) in [6, 6.07) is 20.8. The van der Waals surface area contributed by atoms with Crippen LogP contribution in [0.1, 0.15) is 48.8 Å². The first-order valence-electron chi connectivity index (χ1n) is 10.1. The highest BCUT2D eigenvalue weighted by Gasteiger charge is 2.45. The van der Waals surface area contributed by atoms with Crippen LogP contribution in [0.5, 0.6) is 0 Å². The van der Waals surface area contributed by atoms with E-state index in [9.17, 15) is 4.79 Å². The van der Waals surface area contributed by atoms with Gasteiger partial charge in [0.1, 0.15) is 5.78 Å². The average Bonchev–Trinajstić information content (AvgIpc) is 2.74. The summed E-state index contributed by atoms with van der Waals surface area (Å²) in [4.78, 5) is 13.8. The Morgan fingerprint density at radius 1 is 1.00 bits per heavy atom. The van der Waals surface area contributed by atoms with E-state index in [1.165, 1.54) is 16.3 Å². The largest absolute Gasteiger partial charge is 0.298 e. The Hall–Kier alpha value is -2.38. The predicted octanol–water partition coefficient (Wildman–Crippen LogP) is 6.93. The summed E-state index contributed by atoms with van der Waals surface area (Å²) >= 11 is 6.48. The van der Waals surface area contributed by atoms with Gasteiger partial charge in [-0.15, -0.1) is 0 Å². The number of carbonyl (C=O) groups is 1. The molecule has 3 aromatic rings. The van der Waals surface area contributed by atoms with E-state index in [2.05, 4.69) is 55.5 Å². The van der Waals surface area contributed by atoms with Crippen LogP contribution in [0.15, 0.2) is 66.7 Å². The third kappa shape index (κ3) is 2.57. The van der Waals surface area contributed by atoms with Crippen molar-refractivity contribution in [1.29, 1.82) is 0 Å². The third-order valence-electron chi connectivity index (χ3n) is 6.81. The molecule has 0 radical (unpaired) electrons. The molecule has 1 fully saturated rings. The van der Waals surface area contributed by atoms with Crippen LogP contribution in [0.4, 0.5) is 0 Å². The molecule has 0 aromatic heterocycles. The van der Waals surface area contributed by atoms with E-state index in [0.717, 1.165) is 35.4 Å². The summed E-state index contributed by atoms with van der Waals surface area (Å²) in [5.41, 5.74) is 3.07. The standard InChI is InChI=1S/C26H23ClO/c1-26(18-8-3-2-4-9-18)16-6-11-21(25(26)28)19-13-14-22-23(27)15-12-17-7-5-10-20(19)24(17)22/h2-5,7-10,12-15,19,21H,6,11,16H2,1H3. The van der Waals surface area contributed by atoms with Crippen LogP contribution in [-0.2, 0) is 10.2 Å². The molecule has 2 aliphatic carbocycles. The molecule has 1 nitrogen and oxygen atoms in total. The van der Waals surface area contributed by atoms with Crippen molar-refractivity contribution >= 4 is 34.2 Å². The van der Waals surface area contributed by atoms with E-state index >= 15 is 0 Å². The maximum Gasteiger partial charge on any atom is 0.147 e. The van der Waals surface area contributed by atoms with Crippen molar-refractivity contribution in [2.45, 2.75) is 37.5 Å². The summed E-state index contributed by atoms with van der Waals surface area (Å²) in [5.74, 6) is 0.500.